The normalized spacial score (nSPS) is 11.3. The van der Waals surface area contributed by atoms with Crippen molar-refractivity contribution < 1.29 is 8.78 Å². The van der Waals surface area contributed by atoms with Crippen LogP contribution >= 0.6 is 11.3 Å². The van der Waals surface area contributed by atoms with Crippen molar-refractivity contribution >= 4 is 39.8 Å². The molecule has 5 heteroatoms. The topological polar surface area (TPSA) is 6.48 Å². The molecule has 0 aliphatic carbocycles. The van der Waals surface area contributed by atoms with E-state index in [2.05, 4.69) is 107 Å². The van der Waals surface area contributed by atoms with Crippen molar-refractivity contribution in [3.8, 4) is 44.4 Å². The Morgan fingerprint density at radius 1 is 0.630 bits per heavy atom. The molecule has 0 bridgehead atoms. The molecule has 262 valence electrons. The third-order valence-electron chi connectivity index (χ3n) is 9.00. The van der Waals surface area contributed by atoms with Crippen molar-refractivity contribution in [3.05, 3.63) is 212 Å². The van der Waals surface area contributed by atoms with Gasteiger partial charge in [0, 0.05) is 49.5 Å². The van der Waals surface area contributed by atoms with E-state index in [0.717, 1.165) is 60.6 Å². The highest BCUT2D eigenvalue weighted by Gasteiger charge is 2.20. The van der Waals surface area contributed by atoms with E-state index in [4.69, 9.17) is 6.42 Å². The number of hydrogen-bond acceptors (Lipinski definition) is 3. The second-order valence-electron chi connectivity index (χ2n) is 12.4. The van der Waals surface area contributed by atoms with Crippen LogP contribution in [0.3, 0.4) is 0 Å². The molecule has 0 atom stereocenters. The number of halogens is 2. The summed E-state index contributed by atoms with van der Waals surface area (Å²) in [5.74, 6) is 0.610. The lowest BCUT2D eigenvalue weighted by atomic mass is 10.00. The SMILES string of the molecule is C#Cc1c(F)cc(-c2cc(-c3ccc(N(C(C=C)=CC=CC)c4ccccc4)cc3)c(-c3ccc(N(c4ccccc4)c4ccccc4)cc3)s2)cc1F. The molecule has 0 unspecified atom stereocenters. The maximum absolute atomic E-state index is 15.0. The number of hydrogen-bond donors (Lipinski definition) is 0. The molecule has 0 fully saturated rings. The summed E-state index contributed by atoms with van der Waals surface area (Å²) in [6.07, 6.45) is 13.2. The zero-order chi connectivity index (χ0) is 37.4. The van der Waals surface area contributed by atoms with Crippen molar-refractivity contribution in [1.82, 2.24) is 0 Å². The summed E-state index contributed by atoms with van der Waals surface area (Å²) in [5, 5.41) is 0. The van der Waals surface area contributed by atoms with Crippen LogP contribution in [-0.4, -0.2) is 0 Å². The summed E-state index contributed by atoms with van der Waals surface area (Å²) in [5.41, 5.74) is 8.90. The van der Waals surface area contributed by atoms with E-state index in [1.54, 1.807) is 0 Å². The molecule has 54 heavy (non-hydrogen) atoms. The summed E-state index contributed by atoms with van der Waals surface area (Å²) < 4.78 is 30.0. The van der Waals surface area contributed by atoms with Crippen LogP contribution in [0, 0.1) is 24.0 Å². The van der Waals surface area contributed by atoms with Gasteiger partial charge in [-0.25, -0.2) is 8.78 Å². The van der Waals surface area contributed by atoms with Gasteiger partial charge < -0.3 is 9.80 Å². The first kappa shape index (κ1) is 35.7. The van der Waals surface area contributed by atoms with Crippen molar-refractivity contribution in [3.63, 3.8) is 0 Å². The monoisotopic (exact) mass is 722 g/mol. The molecule has 0 saturated heterocycles. The lowest BCUT2D eigenvalue weighted by molar-refractivity contribution is 0.578. The molecule has 6 aromatic carbocycles. The highest BCUT2D eigenvalue weighted by molar-refractivity contribution is 7.19. The molecule has 2 nitrogen and oxygen atoms in total. The van der Waals surface area contributed by atoms with E-state index < -0.39 is 11.6 Å². The molecule has 0 aliphatic rings. The van der Waals surface area contributed by atoms with Gasteiger partial charge in [0.2, 0.25) is 0 Å². The van der Waals surface area contributed by atoms with Gasteiger partial charge in [-0.3, -0.25) is 0 Å². The number of anilines is 5. The van der Waals surface area contributed by atoms with Crippen LogP contribution in [0.25, 0.3) is 32.0 Å². The summed E-state index contributed by atoms with van der Waals surface area (Å²) in [4.78, 5) is 6.05. The minimum absolute atomic E-state index is 0.367. The van der Waals surface area contributed by atoms with Crippen molar-refractivity contribution in [2.45, 2.75) is 6.92 Å². The van der Waals surface area contributed by atoms with E-state index in [9.17, 15) is 8.78 Å². The van der Waals surface area contributed by atoms with E-state index in [-0.39, 0.29) is 5.56 Å². The number of para-hydroxylation sites is 3. The summed E-state index contributed by atoms with van der Waals surface area (Å²) in [6.45, 7) is 6.07. The Balaban J connectivity index is 1.33. The molecule has 1 heterocycles. The Kier molecular flexibility index (Phi) is 10.8. The summed E-state index contributed by atoms with van der Waals surface area (Å²) >= 11 is 1.48. The highest BCUT2D eigenvalue weighted by atomic mass is 32.1. The van der Waals surface area contributed by atoms with Crippen LogP contribution in [0.2, 0.25) is 0 Å². The van der Waals surface area contributed by atoms with E-state index in [1.807, 2.05) is 91.9 Å². The first-order chi connectivity index (χ1) is 26.5. The Morgan fingerprint density at radius 2 is 1.11 bits per heavy atom. The van der Waals surface area contributed by atoms with E-state index >= 15 is 0 Å². The predicted octanol–water partition coefficient (Wildman–Crippen LogP) is 14.3. The molecule has 0 aliphatic heterocycles. The van der Waals surface area contributed by atoms with Gasteiger partial charge in [-0.1, -0.05) is 104 Å². The number of terminal acetylenes is 1. The predicted molar refractivity (Wildman–Crippen MR) is 225 cm³/mol. The first-order valence-electron chi connectivity index (χ1n) is 17.5. The van der Waals surface area contributed by atoms with Gasteiger partial charge in [-0.05, 0) is 115 Å². The third kappa shape index (κ3) is 7.43. The van der Waals surface area contributed by atoms with Gasteiger partial charge >= 0.3 is 0 Å². The van der Waals surface area contributed by atoms with Gasteiger partial charge in [-0.2, -0.15) is 0 Å². The number of nitrogens with zero attached hydrogens (tertiary/aromatic N) is 2. The van der Waals surface area contributed by atoms with Crippen molar-refractivity contribution in [2.24, 2.45) is 0 Å². The minimum Gasteiger partial charge on any atom is -0.311 e. The first-order valence-corrected chi connectivity index (χ1v) is 18.3. The number of benzene rings is 6. The smallest absolute Gasteiger partial charge is 0.142 e. The standard InChI is InChI=1S/C49H36F2N2S/c1-4-7-17-38(5-2)52(39-18-11-8-12-19-39)42-28-24-35(25-29-42)45-34-48(37-32-46(50)44(6-3)47(51)33-37)54-49(45)36-26-30-43(31-27-36)53(40-20-13-9-14-21-40)41-22-15-10-16-23-41/h3-5,7-34H,2H2,1H3. The third-order valence-corrected chi connectivity index (χ3v) is 10.2. The molecule has 1 aromatic heterocycles. The Labute approximate surface area is 319 Å². The number of allylic oxidation sites excluding steroid dienone is 4. The van der Waals surface area contributed by atoms with Crippen molar-refractivity contribution in [1.29, 1.82) is 0 Å². The van der Waals surface area contributed by atoms with Crippen LogP contribution < -0.4 is 9.80 Å². The average Bonchev–Trinajstić information content (AvgIpc) is 3.67. The molecule has 0 amide bonds. The number of rotatable bonds is 11. The van der Waals surface area contributed by atoms with Crippen LogP contribution in [0.1, 0.15) is 12.5 Å². The molecule has 7 rings (SSSR count). The average molecular weight is 723 g/mol. The zero-order valence-corrected chi connectivity index (χ0v) is 30.5. The van der Waals surface area contributed by atoms with Gasteiger partial charge in [0.1, 0.15) is 11.6 Å². The fraction of sp³-hybridized carbons (Fsp3) is 0.0204. The lowest BCUT2D eigenvalue weighted by Gasteiger charge is -2.26. The molecule has 0 spiro atoms. The van der Waals surface area contributed by atoms with Crippen LogP contribution in [0.5, 0.6) is 0 Å². The molecule has 0 saturated carbocycles. The zero-order valence-electron chi connectivity index (χ0n) is 29.7. The van der Waals surface area contributed by atoms with E-state index in [0.29, 0.717) is 5.56 Å². The second kappa shape index (κ2) is 16.3. The maximum Gasteiger partial charge on any atom is 0.142 e. The fourth-order valence-electron chi connectivity index (χ4n) is 6.42. The van der Waals surface area contributed by atoms with Gasteiger partial charge in [0.05, 0.1) is 5.56 Å². The summed E-state index contributed by atoms with van der Waals surface area (Å²) in [6, 6.07) is 52.0. The van der Waals surface area contributed by atoms with E-state index in [1.165, 1.54) is 23.5 Å². The van der Waals surface area contributed by atoms with Crippen molar-refractivity contribution in [2.75, 3.05) is 9.80 Å². The summed E-state index contributed by atoms with van der Waals surface area (Å²) in [7, 11) is 0. The second-order valence-corrected chi connectivity index (χ2v) is 13.5. The molecule has 0 radical (unpaired) electrons. The maximum atomic E-state index is 15.0. The van der Waals surface area contributed by atoms with Crippen LogP contribution in [0.4, 0.5) is 37.2 Å². The Morgan fingerprint density at radius 3 is 1.63 bits per heavy atom. The van der Waals surface area contributed by atoms with Crippen LogP contribution in [-0.2, 0) is 0 Å². The molecular weight excluding hydrogens is 687 g/mol. The fourth-order valence-corrected chi connectivity index (χ4v) is 7.59. The Bertz CT molecular complexity index is 2410. The van der Waals surface area contributed by atoms with Gasteiger partial charge in [0.25, 0.3) is 0 Å². The largest absolute Gasteiger partial charge is 0.311 e. The minimum atomic E-state index is -0.760. The molecular formula is C49H36F2N2S. The van der Waals surface area contributed by atoms with Gasteiger partial charge in [-0.15, -0.1) is 17.8 Å². The quantitative estimate of drug-likeness (QED) is 0.0969. The van der Waals surface area contributed by atoms with Crippen LogP contribution in [0.15, 0.2) is 194 Å². The molecule has 0 N–H and O–H groups in total. The lowest BCUT2D eigenvalue weighted by Crippen LogP contribution is -2.14. The van der Waals surface area contributed by atoms with Gasteiger partial charge in [0.15, 0.2) is 0 Å². The highest BCUT2D eigenvalue weighted by Crippen LogP contribution is 2.45. The number of thiophene rings is 1. The Hall–Kier alpha value is -6.74. The molecule has 7 aromatic rings.